The van der Waals surface area contributed by atoms with Crippen LogP contribution in [0.4, 0.5) is 28.4 Å². The number of alkyl halides is 3. The number of benzene rings is 1. The van der Waals surface area contributed by atoms with Crippen LogP contribution in [0.5, 0.6) is 5.75 Å². The SMILES string of the molecule is CC/C=C\CCCCOc1ccc(Nc2nc(-c3cccnc3)c(F)s2)cc1C(F)(F)F. The summed E-state index contributed by atoms with van der Waals surface area (Å²) in [5, 5.41) is 2.35. The van der Waals surface area contributed by atoms with Gasteiger partial charge in [0.1, 0.15) is 11.4 Å². The molecule has 0 aliphatic heterocycles. The fourth-order valence-corrected chi connectivity index (χ4v) is 3.68. The Morgan fingerprint density at radius 2 is 2.00 bits per heavy atom. The van der Waals surface area contributed by atoms with E-state index >= 15 is 0 Å². The quantitative estimate of drug-likeness (QED) is 0.190. The zero-order valence-electron chi connectivity index (χ0n) is 17.5. The predicted molar refractivity (Wildman–Crippen MR) is 119 cm³/mol. The molecule has 32 heavy (non-hydrogen) atoms. The minimum absolute atomic E-state index is 0.0929. The van der Waals surface area contributed by atoms with Crippen molar-refractivity contribution >= 4 is 22.2 Å². The Labute approximate surface area is 188 Å². The lowest BCUT2D eigenvalue weighted by Crippen LogP contribution is -2.10. The maximum Gasteiger partial charge on any atom is 0.420 e. The molecule has 170 valence electrons. The molecule has 3 aromatic rings. The van der Waals surface area contributed by atoms with Gasteiger partial charge in [-0.3, -0.25) is 4.98 Å². The third-order valence-corrected chi connectivity index (χ3v) is 5.24. The van der Waals surface area contributed by atoms with Gasteiger partial charge in [-0.05, 0) is 56.0 Å². The summed E-state index contributed by atoms with van der Waals surface area (Å²) in [5.41, 5.74) is -0.173. The summed E-state index contributed by atoms with van der Waals surface area (Å²) >= 11 is 0.712. The number of thiazole rings is 1. The van der Waals surface area contributed by atoms with Crippen molar-refractivity contribution in [2.24, 2.45) is 0 Å². The average Bonchev–Trinajstić information content (AvgIpc) is 3.13. The molecule has 0 aliphatic carbocycles. The van der Waals surface area contributed by atoms with E-state index in [1.165, 1.54) is 18.3 Å². The van der Waals surface area contributed by atoms with Gasteiger partial charge < -0.3 is 10.1 Å². The molecule has 0 fully saturated rings. The molecule has 1 aromatic carbocycles. The number of unbranched alkanes of at least 4 members (excludes halogenated alkanes) is 2. The number of hydrogen-bond acceptors (Lipinski definition) is 5. The highest BCUT2D eigenvalue weighted by Gasteiger charge is 2.35. The molecule has 0 amide bonds. The fraction of sp³-hybridized carbons (Fsp3) is 0.304. The standard InChI is InChI=1S/C23H23F4N3OS/c1-2-3-4-5-6-7-13-31-19-11-10-17(14-18(19)23(25,26)27)29-22-30-20(21(24)32-22)16-9-8-12-28-15-16/h3-4,8-12,14-15H,2,5-7,13H2,1H3,(H,29,30)/b4-3-. The predicted octanol–water partition coefficient (Wildman–Crippen LogP) is 7.62. The van der Waals surface area contributed by atoms with Gasteiger partial charge in [-0.25, -0.2) is 4.98 Å². The molecule has 0 unspecified atom stereocenters. The first-order chi connectivity index (χ1) is 15.4. The molecule has 0 saturated heterocycles. The second kappa shape index (κ2) is 11.1. The number of ether oxygens (including phenoxy) is 1. The number of nitrogens with one attached hydrogen (secondary N) is 1. The topological polar surface area (TPSA) is 47.0 Å². The van der Waals surface area contributed by atoms with Crippen LogP contribution in [0.15, 0.2) is 54.9 Å². The van der Waals surface area contributed by atoms with Gasteiger partial charge in [-0.15, -0.1) is 0 Å². The lowest BCUT2D eigenvalue weighted by atomic mass is 10.1. The lowest BCUT2D eigenvalue weighted by Gasteiger charge is -2.15. The van der Waals surface area contributed by atoms with Gasteiger partial charge in [-0.2, -0.15) is 17.6 Å². The highest BCUT2D eigenvalue weighted by molar-refractivity contribution is 7.14. The highest BCUT2D eigenvalue weighted by atomic mass is 32.1. The van der Waals surface area contributed by atoms with E-state index in [1.54, 1.807) is 18.3 Å². The van der Waals surface area contributed by atoms with Gasteiger partial charge in [0.25, 0.3) is 0 Å². The maximum atomic E-state index is 14.3. The van der Waals surface area contributed by atoms with Gasteiger partial charge in [0.05, 0.1) is 12.2 Å². The monoisotopic (exact) mass is 465 g/mol. The lowest BCUT2D eigenvalue weighted by molar-refractivity contribution is -0.138. The number of halogens is 4. The zero-order chi connectivity index (χ0) is 23.0. The Hall–Kier alpha value is -2.94. The molecular weight excluding hydrogens is 442 g/mol. The van der Waals surface area contributed by atoms with Gasteiger partial charge in [0.2, 0.25) is 5.13 Å². The number of aromatic nitrogens is 2. The van der Waals surface area contributed by atoms with Crippen LogP contribution in [0.2, 0.25) is 0 Å². The molecule has 0 saturated carbocycles. The molecule has 2 heterocycles. The maximum absolute atomic E-state index is 14.3. The third-order valence-electron chi connectivity index (χ3n) is 4.48. The van der Waals surface area contributed by atoms with Crippen molar-refractivity contribution in [2.75, 3.05) is 11.9 Å². The van der Waals surface area contributed by atoms with Gasteiger partial charge in [-0.1, -0.05) is 30.4 Å². The molecule has 0 spiro atoms. The molecular formula is C23H23F4N3OS. The van der Waals surface area contributed by atoms with Crippen LogP contribution in [-0.2, 0) is 6.18 Å². The van der Waals surface area contributed by atoms with Crippen molar-refractivity contribution in [1.29, 1.82) is 0 Å². The molecule has 1 N–H and O–H groups in total. The number of nitrogens with zero attached hydrogens (tertiary/aromatic N) is 2. The van der Waals surface area contributed by atoms with E-state index in [0.717, 1.165) is 25.3 Å². The summed E-state index contributed by atoms with van der Waals surface area (Å²) in [4.78, 5) is 8.08. The molecule has 0 bridgehead atoms. The van der Waals surface area contributed by atoms with Gasteiger partial charge >= 0.3 is 6.18 Å². The van der Waals surface area contributed by atoms with E-state index in [4.69, 9.17) is 4.74 Å². The van der Waals surface area contributed by atoms with E-state index in [2.05, 4.69) is 27.4 Å². The second-order valence-corrected chi connectivity index (χ2v) is 7.89. The van der Waals surface area contributed by atoms with Crippen LogP contribution in [0.1, 0.15) is 38.2 Å². The smallest absolute Gasteiger partial charge is 0.420 e. The van der Waals surface area contributed by atoms with E-state index in [1.807, 2.05) is 6.92 Å². The molecule has 9 heteroatoms. The zero-order valence-corrected chi connectivity index (χ0v) is 18.3. The summed E-state index contributed by atoms with van der Waals surface area (Å²) < 4.78 is 60.4. The van der Waals surface area contributed by atoms with Crippen molar-refractivity contribution in [1.82, 2.24) is 9.97 Å². The minimum atomic E-state index is -4.59. The first kappa shape index (κ1) is 23.7. The first-order valence-electron chi connectivity index (χ1n) is 10.2. The molecule has 2 aromatic heterocycles. The Bertz CT molecular complexity index is 1040. The number of pyridine rings is 1. The van der Waals surface area contributed by atoms with Crippen molar-refractivity contribution in [2.45, 2.75) is 38.8 Å². The van der Waals surface area contributed by atoms with Crippen LogP contribution in [-0.4, -0.2) is 16.6 Å². The number of allylic oxidation sites excluding steroid dienone is 2. The Morgan fingerprint density at radius 1 is 1.16 bits per heavy atom. The van der Waals surface area contributed by atoms with Crippen LogP contribution in [0, 0.1) is 5.13 Å². The fourth-order valence-electron chi connectivity index (χ4n) is 2.95. The molecule has 0 radical (unpaired) electrons. The van der Waals surface area contributed by atoms with E-state index < -0.39 is 16.9 Å². The third kappa shape index (κ3) is 6.53. The Balaban J connectivity index is 1.70. The molecule has 3 rings (SSSR count). The van der Waals surface area contributed by atoms with Crippen molar-refractivity contribution < 1.29 is 22.3 Å². The summed E-state index contributed by atoms with van der Waals surface area (Å²) in [6.07, 6.45) is 5.88. The number of hydrogen-bond donors (Lipinski definition) is 1. The van der Waals surface area contributed by atoms with Crippen molar-refractivity contribution in [3.63, 3.8) is 0 Å². The Morgan fingerprint density at radius 3 is 2.72 bits per heavy atom. The normalized spacial score (nSPS) is 11.8. The summed E-state index contributed by atoms with van der Waals surface area (Å²) in [6, 6.07) is 6.98. The second-order valence-electron chi connectivity index (χ2n) is 6.94. The van der Waals surface area contributed by atoms with E-state index in [0.29, 0.717) is 23.3 Å². The van der Waals surface area contributed by atoms with Gasteiger partial charge in [0.15, 0.2) is 5.13 Å². The van der Waals surface area contributed by atoms with Crippen molar-refractivity contribution in [3.8, 4) is 17.0 Å². The van der Waals surface area contributed by atoms with Crippen LogP contribution < -0.4 is 10.1 Å². The average molecular weight is 466 g/mol. The highest BCUT2D eigenvalue weighted by Crippen LogP contribution is 2.39. The molecule has 0 aliphatic rings. The van der Waals surface area contributed by atoms with Crippen LogP contribution in [0.3, 0.4) is 0 Å². The van der Waals surface area contributed by atoms with Crippen LogP contribution in [0.25, 0.3) is 11.3 Å². The van der Waals surface area contributed by atoms with E-state index in [9.17, 15) is 17.6 Å². The van der Waals surface area contributed by atoms with Crippen molar-refractivity contribution in [3.05, 3.63) is 65.6 Å². The number of rotatable bonds is 10. The summed E-state index contributed by atoms with van der Waals surface area (Å²) in [6.45, 7) is 2.24. The minimum Gasteiger partial charge on any atom is -0.493 e. The molecule has 0 atom stereocenters. The number of anilines is 2. The van der Waals surface area contributed by atoms with Crippen LogP contribution >= 0.6 is 11.3 Å². The largest absolute Gasteiger partial charge is 0.493 e. The van der Waals surface area contributed by atoms with E-state index in [-0.39, 0.29) is 28.9 Å². The molecule has 4 nitrogen and oxygen atoms in total. The first-order valence-corrected chi connectivity index (χ1v) is 11.0. The van der Waals surface area contributed by atoms with Gasteiger partial charge in [0, 0.05) is 23.6 Å². The Kier molecular flexibility index (Phi) is 8.21. The summed E-state index contributed by atoms with van der Waals surface area (Å²) in [5.74, 6) is -0.228. The summed E-state index contributed by atoms with van der Waals surface area (Å²) in [7, 11) is 0.